The zero-order chi connectivity index (χ0) is 13.8. The Morgan fingerprint density at radius 3 is 2.84 bits per heavy atom. The Bertz CT molecular complexity index is 508. The van der Waals surface area contributed by atoms with Crippen LogP contribution >= 0.6 is 0 Å². The van der Waals surface area contributed by atoms with Crippen molar-refractivity contribution in [2.45, 2.75) is 32.6 Å². The van der Waals surface area contributed by atoms with E-state index < -0.39 is 0 Å². The Hall–Kier alpha value is -1.85. The predicted octanol–water partition coefficient (Wildman–Crippen LogP) is 1.04. The molecular formula is C13H19N3O3. The van der Waals surface area contributed by atoms with Gasteiger partial charge in [0.25, 0.3) is 5.56 Å². The molecule has 1 N–H and O–H groups in total. The van der Waals surface area contributed by atoms with E-state index in [-0.39, 0.29) is 18.1 Å². The first-order valence-electron chi connectivity index (χ1n) is 6.65. The van der Waals surface area contributed by atoms with Gasteiger partial charge in [0, 0.05) is 18.5 Å². The lowest BCUT2D eigenvalue weighted by Crippen LogP contribution is -2.32. The lowest BCUT2D eigenvalue weighted by atomic mass is 10.3. The topological polar surface area (TPSA) is 75.3 Å². The summed E-state index contributed by atoms with van der Waals surface area (Å²) in [5.41, 5.74) is -0.172. The largest absolute Gasteiger partial charge is 0.465 e. The molecule has 0 aliphatic heterocycles. The highest BCUT2D eigenvalue weighted by atomic mass is 16.5. The number of nitrogens with one attached hydrogen (secondary N) is 1. The lowest BCUT2D eigenvalue weighted by molar-refractivity contribution is -0.141. The second kappa shape index (κ2) is 5.86. The minimum absolute atomic E-state index is 0.116. The number of rotatable bonds is 6. The quantitative estimate of drug-likeness (QED) is 0.778. The number of carbonyl (C=O) groups excluding carboxylic acids is 1. The van der Waals surface area contributed by atoms with E-state index in [4.69, 9.17) is 4.74 Å². The second-order valence-electron chi connectivity index (χ2n) is 4.58. The number of esters is 1. The van der Waals surface area contributed by atoms with E-state index >= 15 is 0 Å². The van der Waals surface area contributed by atoms with Gasteiger partial charge in [-0.25, -0.2) is 4.98 Å². The fourth-order valence-electron chi connectivity index (χ4n) is 1.89. The van der Waals surface area contributed by atoms with E-state index in [9.17, 15) is 9.59 Å². The van der Waals surface area contributed by atoms with Crippen LogP contribution in [0.3, 0.4) is 0 Å². The first kappa shape index (κ1) is 13.6. The maximum absolute atomic E-state index is 11.6. The number of H-pyrrole nitrogens is 1. The zero-order valence-electron chi connectivity index (χ0n) is 11.3. The van der Waals surface area contributed by atoms with E-state index in [0.29, 0.717) is 24.9 Å². The van der Waals surface area contributed by atoms with E-state index in [2.05, 4.69) is 9.97 Å². The van der Waals surface area contributed by atoms with Gasteiger partial charge in [-0.05, 0) is 26.7 Å². The van der Waals surface area contributed by atoms with Crippen LogP contribution in [-0.2, 0) is 9.53 Å². The van der Waals surface area contributed by atoms with E-state index in [1.807, 2.05) is 6.92 Å². The van der Waals surface area contributed by atoms with Crippen molar-refractivity contribution in [3.63, 3.8) is 0 Å². The van der Waals surface area contributed by atoms with Crippen molar-refractivity contribution in [2.24, 2.45) is 0 Å². The molecule has 1 fully saturated rings. The van der Waals surface area contributed by atoms with Crippen molar-refractivity contribution >= 4 is 11.8 Å². The van der Waals surface area contributed by atoms with Crippen molar-refractivity contribution in [1.82, 2.24) is 9.97 Å². The number of hydrogen-bond acceptors (Lipinski definition) is 5. The van der Waals surface area contributed by atoms with Crippen LogP contribution in [0, 0.1) is 0 Å². The highest BCUT2D eigenvalue weighted by Crippen LogP contribution is 2.37. The number of ether oxygens (including phenoxy) is 1. The smallest absolute Gasteiger partial charge is 0.325 e. The number of aromatic nitrogens is 2. The maximum atomic E-state index is 11.6. The van der Waals surface area contributed by atoms with Gasteiger partial charge in [0.05, 0.1) is 6.61 Å². The van der Waals surface area contributed by atoms with Crippen LogP contribution in [0.2, 0.25) is 0 Å². The minimum atomic E-state index is -0.306. The molecule has 1 aliphatic rings. The molecule has 0 aromatic carbocycles. The first-order chi connectivity index (χ1) is 9.13. The first-order valence-corrected chi connectivity index (χ1v) is 6.65. The third-order valence-electron chi connectivity index (χ3n) is 3.04. The minimum Gasteiger partial charge on any atom is -0.465 e. The molecule has 1 heterocycles. The number of likely N-dealkylation sites (N-methyl/N-ethyl adjacent to an activating group) is 1. The molecule has 1 saturated carbocycles. The summed E-state index contributed by atoms with van der Waals surface area (Å²) in [7, 11) is 0. The Balaban J connectivity index is 2.17. The number of nitrogens with zero attached hydrogens (tertiary/aromatic N) is 2. The predicted molar refractivity (Wildman–Crippen MR) is 71.4 cm³/mol. The number of hydrogen-bond donors (Lipinski definition) is 1. The van der Waals surface area contributed by atoms with Gasteiger partial charge in [-0.15, -0.1) is 0 Å². The van der Waals surface area contributed by atoms with Crippen molar-refractivity contribution in [3.8, 4) is 0 Å². The van der Waals surface area contributed by atoms with Crippen molar-refractivity contribution < 1.29 is 9.53 Å². The molecule has 19 heavy (non-hydrogen) atoms. The molecule has 0 unspecified atom stereocenters. The molecule has 104 valence electrons. The molecule has 1 aliphatic carbocycles. The molecule has 2 rings (SSSR count). The Morgan fingerprint density at radius 2 is 2.26 bits per heavy atom. The Morgan fingerprint density at radius 1 is 1.53 bits per heavy atom. The van der Waals surface area contributed by atoms with Gasteiger partial charge in [0.2, 0.25) is 0 Å². The number of anilines is 1. The normalized spacial score (nSPS) is 14.2. The Labute approximate surface area is 111 Å². The molecule has 0 spiro atoms. The summed E-state index contributed by atoms with van der Waals surface area (Å²) in [6.45, 7) is 4.75. The van der Waals surface area contributed by atoms with Crippen LogP contribution in [0.15, 0.2) is 10.9 Å². The molecular weight excluding hydrogens is 246 g/mol. The third-order valence-corrected chi connectivity index (χ3v) is 3.04. The summed E-state index contributed by atoms with van der Waals surface area (Å²) < 4.78 is 4.92. The summed E-state index contributed by atoms with van der Waals surface area (Å²) in [6, 6.07) is 1.43. The van der Waals surface area contributed by atoms with Gasteiger partial charge in [-0.3, -0.25) is 9.59 Å². The highest BCUT2D eigenvalue weighted by Gasteiger charge is 2.27. The van der Waals surface area contributed by atoms with Gasteiger partial charge in [-0.2, -0.15) is 0 Å². The van der Waals surface area contributed by atoms with Crippen LogP contribution in [0.5, 0.6) is 0 Å². The fourth-order valence-corrected chi connectivity index (χ4v) is 1.89. The summed E-state index contributed by atoms with van der Waals surface area (Å²) in [6.07, 6.45) is 2.13. The Kier molecular flexibility index (Phi) is 4.19. The van der Waals surface area contributed by atoms with Crippen LogP contribution < -0.4 is 10.5 Å². The molecule has 6 nitrogen and oxygen atoms in total. The van der Waals surface area contributed by atoms with Crippen LogP contribution in [0.1, 0.15) is 38.4 Å². The molecule has 1 aromatic rings. The molecule has 1 aromatic heterocycles. The number of aromatic amines is 1. The molecule has 0 radical (unpaired) electrons. The van der Waals surface area contributed by atoms with Crippen molar-refractivity contribution in [2.75, 3.05) is 24.6 Å². The van der Waals surface area contributed by atoms with Gasteiger partial charge in [0.15, 0.2) is 0 Å². The fraction of sp³-hybridized carbons (Fsp3) is 0.615. The van der Waals surface area contributed by atoms with E-state index in [0.717, 1.165) is 18.7 Å². The van der Waals surface area contributed by atoms with Gasteiger partial charge < -0.3 is 14.6 Å². The lowest BCUT2D eigenvalue weighted by Gasteiger charge is -2.20. The molecule has 0 saturated heterocycles. The molecule has 6 heteroatoms. The highest BCUT2D eigenvalue weighted by molar-refractivity contribution is 5.75. The molecule has 0 amide bonds. The number of carbonyl (C=O) groups is 1. The average molecular weight is 265 g/mol. The molecule has 0 bridgehead atoms. The summed E-state index contributed by atoms with van der Waals surface area (Å²) in [4.78, 5) is 32.1. The standard InChI is InChI=1S/C13H19N3O3/c1-3-16(8-12(18)19-4-2)10-7-11(17)15-13(14-10)9-5-6-9/h7,9H,3-6,8H2,1-2H3,(H,14,15,17). The van der Waals surface area contributed by atoms with Gasteiger partial charge >= 0.3 is 5.97 Å². The van der Waals surface area contributed by atoms with Crippen molar-refractivity contribution in [1.29, 1.82) is 0 Å². The van der Waals surface area contributed by atoms with E-state index in [1.54, 1.807) is 11.8 Å². The van der Waals surface area contributed by atoms with Gasteiger partial charge in [-0.1, -0.05) is 0 Å². The summed E-state index contributed by atoms with van der Waals surface area (Å²) in [5, 5.41) is 0. The summed E-state index contributed by atoms with van der Waals surface area (Å²) >= 11 is 0. The third kappa shape index (κ3) is 3.56. The monoisotopic (exact) mass is 265 g/mol. The van der Waals surface area contributed by atoms with Gasteiger partial charge in [0.1, 0.15) is 18.2 Å². The summed E-state index contributed by atoms with van der Waals surface area (Å²) in [5.74, 6) is 1.33. The maximum Gasteiger partial charge on any atom is 0.325 e. The SMILES string of the molecule is CCOC(=O)CN(CC)c1cc(=O)[nH]c(C2CC2)n1. The van der Waals surface area contributed by atoms with Crippen LogP contribution in [0.4, 0.5) is 5.82 Å². The average Bonchev–Trinajstić information content (AvgIpc) is 3.19. The second-order valence-corrected chi connectivity index (χ2v) is 4.58. The molecule has 0 atom stereocenters. The van der Waals surface area contributed by atoms with Crippen LogP contribution in [-0.4, -0.2) is 35.6 Å². The zero-order valence-corrected chi connectivity index (χ0v) is 11.3. The van der Waals surface area contributed by atoms with E-state index in [1.165, 1.54) is 6.07 Å². The van der Waals surface area contributed by atoms with Crippen LogP contribution in [0.25, 0.3) is 0 Å². The van der Waals surface area contributed by atoms with Crippen molar-refractivity contribution in [3.05, 3.63) is 22.2 Å².